The summed E-state index contributed by atoms with van der Waals surface area (Å²) in [5.41, 5.74) is -0.230. The molecule has 124 valence electrons. The maximum absolute atomic E-state index is 13.6. The van der Waals surface area contributed by atoms with Crippen molar-refractivity contribution in [2.75, 3.05) is 13.1 Å². The van der Waals surface area contributed by atoms with Crippen LogP contribution in [0.1, 0.15) is 45.7 Å². The first-order chi connectivity index (χ1) is 10.2. The van der Waals surface area contributed by atoms with Gasteiger partial charge in [0.25, 0.3) is 0 Å². The third kappa shape index (κ3) is 6.85. The van der Waals surface area contributed by atoms with Crippen molar-refractivity contribution in [3.8, 4) is 0 Å². The summed E-state index contributed by atoms with van der Waals surface area (Å²) in [4.78, 5) is 11.4. The number of carbonyl (C=O) groups excluding carboxylic acids is 1. The zero-order chi connectivity index (χ0) is 16.8. The monoisotopic (exact) mass is 314 g/mol. The Bertz CT molecular complexity index is 501. The van der Waals surface area contributed by atoms with Crippen LogP contribution in [0.25, 0.3) is 0 Å². The molecule has 0 saturated heterocycles. The number of carbonyl (C=O) groups is 1. The summed E-state index contributed by atoms with van der Waals surface area (Å²) in [7, 11) is 0. The van der Waals surface area contributed by atoms with Crippen LogP contribution in [0.4, 0.5) is 13.6 Å². The van der Waals surface area contributed by atoms with Crippen molar-refractivity contribution in [2.24, 2.45) is 0 Å². The quantitative estimate of drug-likeness (QED) is 0.790. The molecule has 0 aliphatic rings. The highest BCUT2D eigenvalue weighted by Gasteiger charge is 2.15. The van der Waals surface area contributed by atoms with Gasteiger partial charge in [-0.1, -0.05) is 0 Å². The summed E-state index contributed by atoms with van der Waals surface area (Å²) in [5.74, 6) is -0.898. The molecule has 0 aliphatic heterocycles. The van der Waals surface area contributed by atoms with E-state index in [-0.39, 0.29) is 6.04 Å². The number of benzene rings is 1. The fourth-order valence-electron chi connectivity index (χ4n) is 1.87. The van der Waals surface area contributed by atoms with Crippen LogP contribution >= 0.6 is 0 Å². The van der Waals surface area contributed by atoms with Gasteiger partial charge in [-0.15, -0.1) is 0 Å². The second-order valence-electron chi connectivity index (χ2n) is 6.12. The van der Waals surface area contributed by atoms with Gasteiger partial charge in [0, 0.05) is 18.2 Å². The van der Waals surface area contributed by atoms with E-state index in [2.05, 4.69) is 10.6 Å². The van der Waals surface area contributed by atoms with Gasteiger partial charge >= 0.3 is 6.09 Å². The Morgan fingerprint density at radius 3 is 2.59 bits per heavy atom. The summed E-state index contributed by atoms with van der Waals surface area (Å²) < 4.78 is 31.8. The van der Waals surface area contributed by atoms with Crippen LogP contribution < -0.4 is 10.6 Å². The average molecular weight is 314 g/mol. The minimum Gasteiger partial charge on any atom is -0.444 e. The molecule has 2 N–H and O–H groups in total. The Morgan fingerprint density at radius 2 is 1.95 bits per heavy atom. The number of halogens is 2. The van der Waals surface area contributed by atoms with Crippen molar-refractivity contribution in [3.63, 3.8) is 0 Å². The molecule has 1 atom stereocenters. The molecular formula is C16H24F2N2O2. The van der Waals surface area contributed by atoms with E-state index in [4.69, 9.17) is 4.74 Å². The highest BCUT2D eigenvalue weighted by Crippen LogP contribution is 2.17. The standard InChI is InChI=1S/C16H24F2N2O2/c1-11(13-10-12(17)6-7-14(13)18)19-8-5-9-20-15(21)22-16(2,3)4/h6-7,10-11,19H,5,8-9H2,1-4H3,(H,20,21). The highest BCUT2D eigenvalue weighted by molar-refractivity contribution is 5.67. The van der Waals surface area contributed by atoms with Gasteiger partial charge in [-0.05, 0) is 58.9 Å². The molecule has 22 heavy (non-hydrogen) atoms. The van der Waals surface area contributed by atoms with E-state index in [9.17, 15) is 13.6 Å². The molecule has 0 aliphatic carbocycles. The van der Waals surface area contributed by atoms with Crippen molar-refractivity contribution in [1.29, 1.82) is 0 Å². The molecule has 0 bridgehead atoms. The van der Waals surface area contributed by atoms with Gasteiger partial charge in [-0.3, -0.25) is 0 Å². The van der Waals surface area contributed by atoms with Crippen molar-refractivity contribution in [1.82, 2.24) is 10.6 Å². The van der Waals surface area contributed by atoms with Gasteiger partial charge in [-0.2, -0.15) is 0 Å². The van der Waals surface area contributed by atoms with Crippen LogP contribution in [0.5, 0.6) is 0 Å². The lowest BCUT2D eigenvalue weighted by Gasteiger charge is -2.20. The molecular weight excluding hydrogens is 290 g/mol. The predicted octanol–water partition coefficient (Wildman–Crippen LogP) is 3.53. The number of hydrogen-bond acceptors (Lipinski definition) is 3. The molecule has 0 radical (unpaired) electrons. The highest BCUT2D eigenvalue weighted by atomic mass is 19.1. The summed E-state index contributed by atoms with van der Waals surface area (Å²) in [6, 6.07) is 3.09. The number of ether oxygens (including phenoxy) is 1. The maximum Gasteiger partial charge on any atom is 0.407 e. The molecule has 4 nitrogen and oxygen atoms in total. The number of hydrogen-bond donors (Lipinski definition) is 2. The van der Waals surface area contributed by atoms with Gasteiger partial charge in [-0.25, -0.2) is 13.6 Å². The Morgan fingerprint density at radius 1 is 1.27 bits per heavy atom. The molecule has 0 saturated carbocycles. The molecule has 6 heteroatoms. The molecule has 0 aromatic heterocycles. The molecule has 0 fully saturated rings. The lowest BCUT2D eigenvalue weighted by atomic mass is 10.1. The zero-order valence-electron chi connectivity index (χ0n) is 13.5. The predicted molar refractivity (Wildman–Crippen MR) is 81.6 cm³/mol. The summed E-state index contributed by atoms with van der Waals surface area (Å²) in [5, 5.41) is 5.73. The smallest absolute Gasteiger partial charge is 0.407 e. The van der Waals surface area contributed by atoms with Gasteiger partial charge in [0.2, 0.25) is 0 Å². The van der Waals surface area contributed by atoms with Crippen LogP contribution in [0.2, 0.25) is 0 Å². The van der Waals surface area contributed by atoms with Crippen LogP contribution in [0.15, 0.2) is 18.2 Å². The molecule has 0 heterocycles. The Balaban J connectivity index is 2.27. The molecule has 1 aromatic rings. The van der Waals surface area contributed by atoms with Crippen LogP contribution in [-0.4, -0.2) is 24.8 Å². The first-order valence-electron chi connectivity index (χ1n) is 7.34. The van der Waals surface area contributed by atoms with E-state index in [1.165, 1.54) is 6.07 Å². The zero-order valence-corrected chi connectivity index (χ0v) is 13.5. The van der Waals surface area contributed by atoms with Crippen LogP contribution in [0, 0.1) is 11.6 Å². The number of rotatable bonds is 6. The van der Waals surface area contributed by atoms with E-state index in [0.717, 1.165) is 12.1 Å². The van der Waals surface area contributed by atoms with Crippen molar-refractivity contribution in [2.45, 2.75) is 45.8 Å². The maximum atomic E-state index is 13.6. The number of amides is 1. The fourth-order valence-corrected chi connectivity index (χ4v) is 1.87. The Kier molecular flexibility index (Phi) is 6.74. The minimum atomic E-state index is -0.522. The largest absolute Gasteiger partial charge is 0.444 e. The first kappa shape index (κ1) is 18.4. The third-order valence-corrected chi connectivity index (χ3v) is 2.90. The summed E-state index contributed by atoms with van der Waals surface area (Å²) >= 11 is 0. The lowest BCUT2D eigenvalue weighted by molar-refractivity contribution is 0.0527. The molecule has 1 amide bonds. The first-order valence-corrected chi connectivity index (χ1v) is 7.34. The Hall–Kier alpha value is -1.69. The molecule has 1 unspecified atom stereocenters. The van der Waals surface area contributed by atoms with Crippen molar-refractivity contribution >= 4 is 6.09 Å². The van der Waals surface area contributed by atoms with Gasteiger partial charge < -0.3 is 15.4 Å². The Labute approximate surface area is 130 Å². The average Bonchev–Trinajstić information content (AvgIpc) is 2.38. The molecule has 1 aromatic carbocycles. The summed E-state index contributed by atoms with van der Waals surface area (Å²) in [6.07, 6.45) is 0.192. The lowest BCUT2D eigenvalue weighted by Crippen LogP contribution is -2.34. The van der Waals surface area contributed by atoms with Crippen LogP contribution in [0.3, 0.4) is 0 Å². The third-order valence-electron chi connectivity index (χ3n) is 2.90. The van der Waals surface area contributed by atoms with Crippen molar-refractivity contribution in [3.05, 3.63) is 35.4 Å². The number of alkyl carbamates (subject to hydrolysis) is 1. The second kappa shape index (κ2) is 8.08. The summed E-state index contributed by atoms with van der Waals surface area (Å²) in [6.45, 7) is 8.16. The van der Waals surface area contributed by atoms with E-state index in [0.29, 0.717) is 25.1 Å². The van der Waals surface area contributed by atoms with Gasteiger partial charge in [0.15, 0.2) is 0 Å². The number of nitrogens with one attached hydrogen (secondary N) is 2. The molecule has 1 rings (SSSR count). The van der Waals surface area contributed by atoms with Gasteiger partial charge in [0.05, 0.1) is 0 Å². The fraction of sp³-hybridized carbons (Fsp3) is 0.562. The topological polar surface area (TPSA) is 50.4 Å². The van der Waals surface area contributed by atoms with Gasteiger partial charge in [0.1, 0.15) is 17.2 Å². The second-order valence-corrected chi connectivity index (χ2v) is 6.12. The van der Waals surface area contributed by atoms with E-state index in [1.54, 1.807) is 27.7 Å². The molecule has 0 spiro atoms. The van der Waals surface area contributed by atoms with E-state index in [1.807, 2.05) is 0 Å². The van der Waals surface area contributed by atoms with Crippen molar-refractivity contribution < 1.29 is 18.3 Å². The van der Waals surface area contributed by atoms with Crippen LogP contribution in [-0.2, 0) is 4.74 Å². The van der Waals surface area contributed by atoms with E-state index < -0.39 is 23.3 Å². The SMILES string of the molecule is CC(NCCCNC(=O)OC(C)(C)C)c1cc(F)ccc1F. The van der Waals surface area contributed by atoms with E-state index >= 15 is 0 Å². The normalized spacial score (nSPS) is 12.8. The minimum absolute atomic E-state index is 0.292.